The van der Waals surface area contributed by atoms with Gasteiger partial charge in [0.05, 0.1) is 18.4 Å². The molecule has 8 heteroatoms. The number of piperazine rings is 1. The molecule has 0 saturated carbocycles. The first-order valence-corrected chi connectivity index (χ1v) is 8.62. The van der Waals surface area contributed by atoms with Crippen LogP contribution in [-0.2, 0) is 11.3 Å². The van der Waals surface area contributed by atoms with Crippen molar-refractivity contribution in [2.45, 2.75) is 27.3 Å². The molecular formula is C18H24N4O4. The molecule has 3 heterocycles. The highest BCUT2D eigenvalue weighted by atomic mass is 16.5. The quantitative estimate of drug-likeness (QED) is 0.834. The molecule has 0 spiro atoms. The Morgan fingerprint density at radius 1 is 1.23 bits per heavy atom. The second-order valence-electron chi connectivity index (χ2n) is 6.61. The van der Waals surface area contributed by atoms with Crippen LogP contribution in [0.2, 0.25) is 0 Å². The van der Waals surface area contributed by atoms with Crippen molar-refractivity contribution in [3.63, 3.8) is 0 Å². The van der Waals surface area contributed by atoms with E-state index in [1.54, 1.807) is 13.8 Å². The standard InChI is InChI=1S/C18H24N4O4/c1-11-9-14(20-26-11)10-21-5-7-22(8-6-21)17(23)16-12(2)15(13(3)19-16)18(24)25-4/h9,19H,5-8,10H2,1-4H3. The average molecular weight is 360 g/mol. The van der Waals surface area contributed by atoms with E-state index < -0.39 is 5.97 Å². The van der Waals surface area contributed by atoms with Crippen LogP contribution in [0.25, 0.3) is 0 Å². The number of nitrogens with zero attached hydrogens (tertiary/aromatic N) is 3. The molecule has 8 nitrogen and oxygen atoms in total. The van der Waals surface area contributed by atoms with E-state index >= 15 is 0 Å². The van der Waals surface area contributed by atoms with Crippen molar-refractivity contribution < 1.29 is 18.8 Å². The molecule has 0 radical (unpaired) electrons. The van der Waals surface area contributed by atoms with Gasteiger partial charge in [-0.25, -0.2) is 4.79 Å². The van der Waals surface area contributed by atoms with Crippen molar-refractivity contribution in [3.05, 3.63) is 40.0 Å². The molecule has 140 valence electrons. The molecule has 0 atom stereocenters. The summed E-state index contributed by atoms with van der Waals surface area (Å²) >= 11 is 0. The van der Waals surface area contributed by atoms with Crippen LogP contribution in [0.1, 0.15) is 43.6 Å². The number of hydrogen-bond donors (Lipinski definition) is 1. The Labute approximate surface area is 152 Å². The molecule has 1 aliphatic rings. The number of nitrogens with one attached hydrogen (secondary N) is 1. The lowest BCUT2D eigenvalue weighted by molar-refractivity contribution is 0.0599. The van der Waals surface area contributed by atoms with Gasteiger partial charge < -0.3 is 19.1 Å². The third-order valence-corrected chi connectivity index (χ3v) is 4.76. The first-order chi connectivity index (χ1) is 12.4. The Balaban J connectivity index is 1.64. The number of aryl methyl sites for hydroxylation is 2. The third kappa shape index (κ3) is 3.50. The smallest absolute Gasteiger partial charge is 0.339 e. The number of amides is 1. The summed E-state index contributed by atoms with van der Waals surface area (Å²) in [6, 6.07) is 1.93. The molecule has 0 aromatic carbocycles. The van der Waals surface area contributed by atoms with Gasteiger partial charge in [-0.2, -0.15) is 0 Å². The minimum atomic E-state index is -0.428. The molecule has 1 N–H and O–H groups in total. The van der Waals surface area contributed by atoms with Gasteiger partial charge in [-0.3, -0.25) is 9.69 Å². The molecule has 2 aromatic heterocycles. The van der Waals surface area contributed by atoms with E-state index in [1.807, 2.05) is 17.9 Å². The minimum absolute atomic E-state index is 0.0855. The number of carbonyl (C=O) groups is 2. The second kappa shape index (κ2) is 7.33. The molecule has 1 amide bonds. The summed E-state index contributed by atoms with van der Waals surface area (Å²) in [4.78, 5) is 31.9. The monoisotopic (exact) mass is 360 g/mol. The fourth-order valence-corrected chi connectivity index (χ4v) is 3.36. The number of ether oxygens (including phenoxy) is 1. The largest absolute Gasteiger partial charge is 0.465 e. The summed E-state index contributed by atoms with van der Waals surface area (Å²) in [6.45, 7) is 8.91. The highest BCUT2D eigenvalue weighted by Gasteiger charge is 2.28. The number of carbonyl (C=O) groups excluding carboxylic acids is 2. The number of H-pyrrole nitrogens is 1. The average Bonchev–Trinajstić information content (AvgIpc) is 3.17. The van der Waals surface area contributed by atoms with Crippen LogP contribution in [-0.4, -0.2) is 65.1 Å². The second-order valence-corrected chi connectivity index (χ2v) is 6.61. The highest BCUT2D eigenvalue weighted by molar-refractivity contribution is 6.00. The van der Waals surface area contributed by atoms with Gasteiger partial charge in [0.15, 0.2) is 0 Å². The van der Waals surface area contributed by atoms with Crippen LogP contribution in [0, 0.1) is 20.8 Å². The topological polar surface area (TPSA) is 91.7 Å². The number of rotatable bonds is 4. The molecule has 0 aliphatic carbocycles. The summed E-state index contributed by atoms with van der Waals surface area (Å²) in [7, 11) is 1.34. The summed E-state index contributed by atoms with van der Waals surface area (Å²) < 4.78 is 9.90. The van der Waals surface area contributed by atoms with Crippen LogP contribution >= 0.6 is 0 Å². The molecule has 3 rings (SSSR count). The van der Waals surface area contributed by atoms with E-state index in [1.165, 1.54) is 7.11 Å². The SMILES string of the molecule is COC(=O)c1c(C)[nH]c(C(=O)N2CCN(Cc3cc(C)on3)CC2)c1C. The zero-order valence-electron chi connectivity index (χ0n) is 15.6. The van der Waals surface area contributed by atoms with Crippen LogP contribution in [0.5, 0.6) is 0 Å². The number of aromatic amines is 1. The Hall–Kier alpha value is -2.61. The zero-order chi connectivity index (χ0) is 18.8. The fourth-order valence-electron chi connectivity index (χ4n) is 3.36. The maximum atomic E-state index is 12.9. The van der Waals surface area contributed by atoms with Crippen molar-refractivity contribution in [2.24, 2.45) is 0 Å². The van der Waals surface area contributed by atoms with Crippen LogP contribution in [0.15, 0.2) is 10.6 Å². The molecular weight excluding hydrogens is 336 g/mol. The van der Waals surface area contributed by atoms with Crippen molar-refractivity contribution in [3.8, 4) is 0 Å². The summed E-state index contributed by atoms with van der Waals surface area (Å²) in [5, 5.41) is 4.01. The van der Waals surface area contributed by atoms with Crippen LogP contribution in [0.3, 0.4) is 0 Å². The molecule has 1 saturated heterocycles. The summed E-state index contributed by atoms with van der Waals surface area (Å²) in [6.07, 6.45) is 0. The first-order valence-electron chi connectivity index (χ1n) is 8.62. The fraction of sp³-hybridized carbons (Fsp3) is 0.500. The van der Waals surface area contributed by atoms with Gasteiger partial charge in [-0.15, -0.1) is 0 Å². The van der Waals surface area contributed by atoms with Gasteiger partial charge in [-0.1, -0.05) is 5.16 Å². The predicted octanol–water partition coefficient (Wildman–Crippen LogP) is 1.67. The molecule has 26 heavy (non-hydrogen) atoms. The molecule has 2 aromatic rings. The number of esters is 1. The Bertz CT molecular complexity index is 815. The lowest BCUT2D eigenvalue weighted by Crippen LogP contribution is -2.48. The van der Waals surface area contributed by atoms with Crippen LogP contribution < -0.4 is 0 Å². The van der Waals surface area contributed by atoms with Gasteiger partial charge in [0.2, 0.25) is 0 Å². The van der Waals surface area contributed by atoms with Gasteiger partial charge in [0, 0.05) is 44.5 Å². The number of methoxy groups -OCH3 is 1. The van der Waals surface area contributed by atoms with E-state index in [4.69, 9.17) is 9.26 Å². The summed E-state index contributed by atoms with van der Waals surface area (Å²) in [5.74, 6) is 0.286. The van der Waals surface area contributed by atoms with Gasteiger partial charge in [0.25, 0.3) is 5.91 Å². The van der Waals surface area contributed by atoms with E-state index in [0.717, 1.165) is 24.5 Å². The maximum Gasteiger partial charge on any atom is 0.339 e. The lowest BCUT2D eigenvalue weighted by Gasteiger charge is -2.34. The van der Waals surface area contributed by atoms with Gasteiger partial charge >= 0.3 is 5.97 Å². The van der Waals surface area contributed by atoms with Crippen molar-refractivity contribution in [1.29, 1.82) is 0 Å². The van der Waals surface area contributed by atoms with E-state index in [9.17, 15) is 9.59 Å². The van der Waals surface area contributed by atoms with Gasteiger partial charge in [-0.05, 0) is 26.3 Å². The van der Waals surface area contributed by atoms with E-state index in [0.29, 0.717) is 42.1 Å². The van der Waals surface area contributed by atoms with E-state index in [-0.39, 0.29) is 5.91 Å². The lowest BCUT2D eigenvalue weighted by atomic mass is 10.1. The number of aromatic nitrogens is 2. The van der Waals surface area contributed by atoms with Crippen molar-refractivity contribution in [2.75, 3.05) is 33.3 Å². The first kappa shape index (κ1) is 18.2. The number of hydrogen-bond acceptors (Lipinski definition) is 6. The summed E-state index contributed by atoms with van der Waals surface area (Å²) in [5.41, 5.74) is 3.10. The van der Waals surface area contributed by atoms with Crippen molar-refractivity contribution in [1.82, 2.24) is 19.9 Å². The Morgan fingerprint density at radius 2 is 1.92 bits per heavy atom. The molecule has 0 unspecified atom stereocenters. The zero-order valence-corrected chi connectivity index (χ0v) is 15.6. The molecule has 0 bridgehead atoms. The minimum Gasteiger partial charge on any atom is -0.465 e. The van der Waals surface area contributed by atoms with Gasteiger partial charge in [0.1, 0.15) is 11.5 Å². The van der Waals surface area contributed by atoms with Crippen molar-refractivity contribution >= 4 is 11.9 Å². The third-order valence-electron chi connectivity index (χ3n) is 4.76. The molecule has 1 fully saturated rings. The highest BCUT2D eigenvalue weighted by Crippen LogP contribution is 2.21. The Kier molecular flexibility index (Phi) is 5.13. The van der Waals surface area contributed by atoms with Crippen LogP contribution in [0.4, 0.5) is 0 Å². The predicted molar refractivity (Wildman–Crippen MR) is 94.0 cm³/mol. The maximum absolute atomic E-state index is 12.9. The molecule has 1 aliphatic heterocycles. The Morgan fingerprint density at radius 3 is 2.50 bits per heavy atom. The normalized spacial score (nSPS) is 15.3. The van der Waals surface area contributed by atoms with E-state index in [2.05, 4.69) is 15.0 Å².